The molecule has 0 aliphatic rings. The molecular weight excluding hydrogens is 320 g/mol. The first-order valence-electron chi connectivity index (χ1n) is 7.35. The van der Waals surface area contributed by atoms with Gasteiger partial charge in [-0.2, -0.15) is 0 Å². The number of ketones is 1. The smallest absolute Gasteiger partial charge is 0.353 e. The van der Waals surface area contributed by atoms with Crippen LogP contribution in [0.25, 0.3) is 6.08 Å². The quantitative estimate of drug-likeness (QED) is 0.289. The number of thiophene rings is 1. The van der Waals surface area contributed by atoms with E-state index < -0.39 is 0 Å². The number of hydrogen-bond donors (Lipinski definition) is 0. The molecule has 0 N–H and O–H groups in total. The first kappa shape index (κ1) is 15.9. The van der Waals surface area contributed by atoms with Crippen molar-refractivity contribution in [3.05, 3.63) is 94.2 Å². The van der Waals surface area contributed by atoms with Crippen LogP contribution < -0.4 is 4.74 Å². The van der Waals surface area contributed by atoms with Gasteiger partial charge < -0.3 is 4.74 Å². The van der Waals surface area contributed by atoms with Gasteiger partial charge in [0.2, 0.25) is 0 Å². The Labute approximate surface area is 143 Å². The van der Waals surface area contributed by atoms with E-state index >= 15 is 0 Å². The van der Waals surface area contributed by atoms with E-state index in [0.29, 0.717) is 16.2 Å². The third-order valence-corrected chi connectivity index (χ3v) is 4.15. The number of benzene rings is 2. The van der Waals surface area contributed by atoms with Crippen molar-refractivity contribution in [3.8, 4) is 5.75 Å². The van der Waals surface area contributed by atoms with Crippen LogP contribution in [0.3, 0.4) is 0 Å². The third kappa shape index (κ3) is 4.06. The normalized spacial score (nSPS) is 10.7. The van der Waals surface area contributed by atoms with E-state index in [1.54, 1.807) is 54.6 Å². The van der Waals surface area contributed by atoms with Crippen molar-refractivity contribution in [2.24, 2.45) is 0 Å². The second-order valence-corrected chi connectivity index (χ2v) is 5.95. The molecule has 3 rings (SSSR count). The molecule has 0 fully saturated rings. The van der Waals surface area contributed by atoms with Crippen LogP contribution in [0.15, 0.2) is 78.2 Å². The van der Waals surface area contributed by atoms with Gasteiger partial charge in [0.25, 0.3) is 0 Å². The molecule has 1 heterocycles. The Kier molecular flexibility index (Phi) is 4.99. The Bertz CT molecular complexity index is 848. The first-order chi connectivity index (χ1) is 11.7. The van der Waals surface area contributed by atoms with Gasteiger partial charge in [0.15, 0.2) is 5.78 Å². The number of esters is 1. The standard InChI is InChI=1S/C20H14O3S/c21-18(16-5-2-1-3-6-16)13-10-15-8-11-17(12-9-15)23-20(22)19-7-4-14-24-19/h1-14H/b13-10-. The van der Waals surface area contributed by atoms with E-state index in [1.165, 1.54) is 17.4 Å². The molecule has 0 aliphatic carbocycles. The summed E-state index contributed by atoms with van der Waals surface area (Å²) in [5.74, 6) is 0.0521. The number of rotatable bonds is 5. The van der Waals surface area contributed by atoms with Crippen molar-refractivity contribution in [1.82, 2.24) is 0 Å². The summed E-state index contributed by atoms with van der Waals surface area (Å²) in [6.07, 6.45) is 3.27. The lowest BCUT2D eigenvalue weighted by Gasteiger charge is -2.03. The topological polar surface area (TPSA) is 43.4 Å². The first-order valence-corrected chi connectivity index (χ1v) is 8.23. The van der Waals surface area contributed by atoms with Gasteiger partial charge in [-0.1, -0.05) is 54.6 Å². The monoisotopic (exact) mass is 334 g/mol. The van der Waals surface area contributed by atoms with Gasteiger partial charge >= 0.3 is 5.97 Å². The van der Waals surface area contributed by atoms with Crippen molar-refractivity contribution in [2.75, 3.05) is 0 Å². The summed E-state index contributed by atoms with van der Waals surface area (Å²) in [6.45, 7) is 0. The van der Waals surface area contributed by atoms with Gasteiger partial charge in [0.05, 0.1) is 0 Å². The molecule has 0 bridgehead atoms. The minimum atomic E-state index is -0.368. The van der Waals surface area contributed by atoms with Gasteiger partial charge in [0.1, 0.15) is 10.6 Å². The summed E-state index contributed by atoms with van der Waals surface area (Å²) >= 11 is 1.34. The summed E-state index contributed by atoms with van der Waals surface area (Å²) in [7, 11) is 0. The molecule has 0 atom stereocenters. The van der Waals surface area contributed by atoms with Gasteiger partial charge in [-0.3, -0.25) is 4.79 Å². The Morgan fingerprint density at radius 3 is 2.29 bits per heavy atom. The van der Waals surface area contributed by atoms with Gasteiger partial charge in [0, 0.05) is 5.56 Å². The van der Waals surface area contributed by atoms with Crippen LogP contribution in [0, 0.1) is 0 Å². The molecule has 0 spiro atoms. The number of ether oxygens (including phenoxy) is 1. The second kappa shape index (κ2) is 7.53. The Morgan fingerprint density at radius 1 is 0.875 bits per heavy atom. The molecule has 4 heteroatoms. The lowest BCUT2D eigenvalue weighted by molar-refractivity contribution is 0.0739. The summed E-state index contributed by atoms with van der Waals surface area (Å²) in [6, 6.07) is 19.6. The van der Waals surface area contributed by atoms with Crippen LogP contribution >= 0.6 is 11.3 Å². The number of carbonyl (C=O) groups excluding carboxylic acids is 2. The molecule has 0 saturated carbocycles. The van der Waals surface area contributed by atoms with Gasteiger partial charge in [-0.05, 0) is 35.2 Å². The van der Waals surface area contributed by atoms with Crippen LogP contribution in [0.2, 0.25) is 0 Å². The zero-order chi connectivity index (χ0) is 16.8. The average Bonchev–Trinajstić information content (AvgIpc) is 3.16. The highest BCUT2D eigenvalue weighted by Crippen LogP contribution is 2.17. The number of hydrogen-bond acceptors (Lipinski definition) is 4. The molecule has 0 radical (unpaired) electrons. The molecule has 3 aromatic rings. The van der Waals surface area contributed by atoms with E-state index in [1.807, 2.05) is 23.6 Å². The fourth-order valence-corrected chi connectivity index (χ4v) is 2.67. The molecular formula is C20H14O3S. The predicted molar refractivity (Wildman–Crippen MR) is 95.5 cm³/mol. The highest BCUT2D eigenvalue weighted by atomic mass is 32.1. The highest BCUT2D eigenvalue weighted by molar-refractivity contribution is 7.12. The third-order valence-electron chi connectivity index (χ3n) is 3.30. The lowest BCUT2D eigenvalue weighted by atomic mass is 10.1. The van der Waals surface area contributed by atoms with E-state index in [9.17, 15) is 9.59 Å². The fraction of sp³-hybridized carbons (Fsp3) is 0. The Hall–Kier alpha value is -2.98. The average molecular weight is 334 g/mol. The number of allylic oxidation sites excluding steroid dienone is 1. The minimum absolute atomic E-state index is 0.0520. The summed E-state index contributed by atoms with van der Waals surface area (Å²) in [5, 5.41) is 1.83. The summed E-state index contributed by atoms with van der Waals surface area (Å²) < 4.78 is 5.29. The SMILES string of the molecule is O=C(/C=C\c1ccc(OC(=O)c2cccs2)cc1)c1ccccc1. The van der Waals surface area contributed by atoms with Gasteiger partial charge in [-0.25, -0.2) is 4.79 Å². The fourth-order valence-electron chi connectivity index (χ4n) is 2.07. The van der Waals surface area contributed by atoms with Gasteiger partial charge in [-0.15, -0.1) is 11.3 Å². The lowest BCUT2D eigenvalue weighted by Crippen LogP contribution is -2.05. The molecule has 0 aliphatic heterocycles. The van der Waals surface area contributed by atoms with Crippen LogP contribution in [0.5, 0.6) is 5.75 Å². The zero-order valence-electron chi connectivity index (χ0n) is 12.7. The molecule has 24 heavy (non-hydrogen) atoms. The van der Waals surface area contributed by atoms with Crippen molar-refractivity contribution >= 4 is 29.2 Å². The maximum absolute atomic E-state index is 12.0. The van der Waals surface area contributed by atoms with E-state index in [4.69, 9.17) is 4.74 Å². The second-order valence-electron chi connectivity index (χ2n) is 5.00. The Morgan fingerprint density at radius 2 is 1.62 bits per heavy atom. The van der Waals surface area contributed by atoms with Crippen molar-refractivity contribution in [3.63, 3.8) is 0 Å². The molecule has 0 saturated heterocycles. The van der Waals surface area contributed by atoms with E-state index in [0.717, 1.165) is 5.56 Å². The van der Waals surface area contributed by atoms with Crippen LogP contribution in [0.4, 0.5) is 0 Å². The molecule has 1 aromatic heterocycles. The van der Waals surface area contributed by atoms with Crippen LogP contribution in [-0.2, 0) is 0 Å². The molecule has 0 amide bonds. The number of carbonyl (C=O) groups is 2. The molecule has 3 nitrogen and oxygen atoms in total. The van der Waals surface area contributed by atoms with E-state index in [2.05, 4.69) is 0 Å². The van der Waals surface area contributed by atoms with E-state index in [-0.39, 0.29) is 11.8 Å². The summed E-state index contributed by atoms with van der Waals surface area (Å²) in [5.41, 5.74) is 1.51. The minimum Gasteiger partial charge on any atom is -0.422 e. The maximum atomic E-state index is 12.0. The maximum Gasteiger partial charge on any atom is 0.353 e. The molecule has 2 aromatic carbocycles. The van der Waals surface area contributed by atoms with Crippen molar-refractivity contribution in [2.45, 2.75) is 0 Å². The van der Waals surface area contributed by atoms with Crippen molar-refractivity contribution in [1.29, 1.82) is 0 Å². The predicted octanol–water partition coefficient (Wildman–Crippen LogP) is 4.86. The largest absolute Gasteiger partial charge is 0.422 e. The van der Waals surface area contributed by atoms with Crippen LogP contribution in [0.1, 0.15) is 25.6 Å². The summed E-state index contributed by atoms with van der Waals surface area (Å²) in [4.78, 5) is 24.4. The molecule has 118 valence electrons. The Balaban J connectivity index is 1.63. The van der Waals surface area contributed by atoms with Crippen LogP contribution in [-0.4, -0.2) is 11.8 Å². The van der Waals surface area contributed by atoms with Crippen molar-refractivity contribution < 1.29 is 14.3 Å². The zero-order valence-corrected chi connectivity index (χ0v) is 13.5. The highest BCUT2D eigenvalue weighted by Gasteiger charge is 2.08. The molecule has 0 unspecified atom stereocenters.